The highest BCUT2D eigenvalue weighted by Gasteiger charge is 2.50. The fourth-order valence-corrected chi connectivity index (χ4v) is 2.93. The average Bonchev–Trinajstić information content (AvgIpc) is 2.66. The van der Waals surface area contributed by atoms with Crippen LogP contribution in [0.15, 0.2) is 4.99 Å². The quantitative estimate of drug-likeness (QED) is 0.0951. The van der Waals surface area contributed by atoms with E-state index in [2.05, 4.69) is 9.88 Å². The van der Waals surface area contributed by atoms with E-state index < -0.39 is 74.6 Å². The van der Waals surface area contributed by atoms with Crippen LogP contribution >= 0.6 is 0 Å². The van der Waals surface area contributed by atoms with Gasteiger partial charge in [-0.15, -0.1) is 0 Å². The van der Waals surface area contributed by atoms with E-state index in [9.17, 15) is 35.7 Å². The average molecular weight is 399 g/mol. The number of aliphatic imine (C=N–C) groups is 1. The third kappa shape index (κ3) is 4.72. The summed E-state index contributed by atoms with van der Waals surface area (Å²) in [7, 11) is 0. The van der Waals surface area contributed by atoms with Crippen LogP contribution in [0.3, 0.4) is 0 Å². The molecule has 2 aliphatic rings. The molecular weight excluding hydrogens is 374 g/mol. The second-order valence-electron chi connectivity index (χ2n) is 6.27. The van der Waals surface area contributed by atoms with E-state index in [0.29, 0.717) is 0 Å². The zero-order chi connectivity index (χ0) is 20.3. The van der Waals surface area contributed by atoms with Crippen molar-refractivity contribution >= 4 is 5.90 Å². The molecule has 0 spiro atoms. The lowest BCUT2D eigenvalue weighted by Gasteiger charge is -2.45. The number of ether oxygens (including phenoxy) is 3. The highest BCUT2D eigenvalue weighted by Crippen LogP contribution is 2.30. The molecule has 27 heavy (non-hydrogen) atoms. The van der Waals surface area contributed by atoms with Crippen LogP contribution in [0.25, 0.3) is 0 Å². The van der Waals surface area contributed by atoms with E-state index >= 15 is 0 Å². The first-order chi connectivity index (χ1) is 12.7. The lowest BCUT2D eigenvalue weighted by molar-refractivity contribution is -0.340. The van der Waals surface area contributed by atoms with Crippen molar-refractivity contribution in [3.63, 3.8) is 0 Å². The lowest BCUT2D eigenvalue weighted by Crippen LogP contribution is -2.64. The van der Waals surface area contributed by atoms with E-state index in [0.717, 1.165) is 0 Å². The molecule has 10 atom stereocenters. The zero-order valence-electron chi connectivity index (χ0n) is 14.3. The van der Waals surface area contributed by atoms with Gasteiger partial charge in [-0.05, 0) is 0 Å². The van der Waals surface area contributed by atoms with Crippen molar-refractivity contribution in [1.29, 1.82) is 0 Å². The Hall–Kier alpha value is -0.970. The Morgan fingerprint density at radius 1 is 0.889 bits per heavy atom. The van der Waals surface area contributed by atoms with Crippen LogP contribution in [0.5, 0.6) is 0 Å². The minimum Gasteiger partial charge on any atom is -0.394 e. The number of aliphatic hydroxyl groups excluding tert-OH is 7. The molecule has 0 bridgehead atoms. The summed E-state index contributed by atoms with van der Waals surface area (Å²) < 4.78 is 15.7. The Kier molecular flexibility index (Phi) is 7.84. The van der Waals surface area contributed by atoms with Gasteiger partial charge >= 0.3 is 0 Å². The van der Waals surface area contributed by atoms with Crippen molar-refractivity contribution in [3.05, 3.63) is 0 Å². The molecule has 13 heteroatoms. The first-order valence-corrected chi connectivity index (χ1v) is 8.19. The normalized spacial score (nSPS) is 46.3. The molecule has 2 rings (SSSR count). The molecule has 0 amide bonds. The molecule has 2 heterocycles. The van der Waals surface area contributed by atoms with Crippen molar-refractivity contribution in [2.24, 2.45) is 4.99 Å². The predicted molar refractivity (Wildman–Crippen MR) is 83.2 cm³/mol. The van der Waals surface area contributed by atoms with Crippen LogP contribution in [-0.4, -0.2) is 121 Å². The van der Waals surface area contributed by atoms with E-state index in [1.54, 1.807) is 0 Å². The fourth-order valence-electron chi connectivity index (χ4n) is 2.93. The monoisotopic (exact) mass is 399 g/mol. The molecule has 8 N–H and O–H groups in total. The summed E-state index contributed by atoms with van der Waals surface area (Å²) in [5, 5.41) is 77.3. The van der Waals surface area contributed by atoms with Crippen LogP contribution in [0.2, 0.25) is 0 Å². The van der Waals surface area contributed by atoms with Gasteiger partial charge in [0, 0.05) is 6.92 Å². The molecule has 2 aliphatic heterocycles. The van der Waals surface area contributed by atoms with Crippen molar-refractivity contribution < 1.29 is 60.1 Å². The Morgan fingerprint density at radius 3 is 2.04 bits per heavy atom. The molecule has 0 aromatic heterocycles. The van der Waals surface area contributed by atoms with Gasteiger partial charge in [0.1, 0.15) is 48.8 Å². The highest BCUT2D eigenvalue weighted by molar-refractivity contribution is 5.72. The third-order valence-corrected chi connectivity index (χ3v) is 4.44. The number of hydrogen-bond donors (Lipinski definition) is 8. The number of aliphatic hydroxyl groups is 7. The standard InChI is InChI=1S/C14H25NO12/c1-4(27-23)15-7-12(9(19)6(3-17)24-13(7)22)26-14-11(21)10(20)8(18)5(2-16)25-14/h5-14,16-23H,2-3H2,1H3/t5-,6-,7-,8+,9+,10+,11-,12-,13-,14+/m1/s1. The molecule has 0 saturated carbocycles. The van der Waals surface area contributed by atoms with Gasteiger partial charge in [-0.3, -0.25) is 0 Å². The van der Waals surface area contributed by atoms with Gasteiger partial charge in [0.25, 0.3) is 0 Å². The Morgan fingerprint density at radius 2 is 1.48 bits per heavy atom. The van der Waals surface area contributed by atoms with Gasteiger partial charge in [-0.2, -0.15) is 0 Å². The Balaban J connectivity index is 2.26. The van der Waals surface area contributed by atoms with Crippen molar-refractivity contribution in [3.8, 4) is 0 Å². The molecular formula is C14H25NO12. The smallest absolute Gasteiger partial charge is 0.224 e. The molecule has 0 unspecified atom stereocenters. The zero-order valence-corrected chi connectivity index (χ0v) is 14.3. The second kappa shape index (κ2) is 9.49. The van der Waals surface area contributed by atoms with E-state index in [4.69, 9.17) is 19.5 Å². The van der Waals surface area contributed by atoms with Gasteiger partial charge in [-0.25, -0.2) is 10.2 Å². The summed E-state index contributed by atoms with van der Waals surface area (Å²) in [6.45, 7) is -0.136. The van der Waals surface area contributed by atoms with Crippen LogP contribution in [0.4, 0.5) is 0 Å². The van der Waals surface area contributed by atoms with Gasteiger partial charge in [0.05, 0.1) is 13.2 Å². The fraction of sp³-hybridized carbons (Fsp3) is 0.929. The Labute approximate surface area is 153 Å². The molecule has 0 aromatic carbocycles. The SMILES string of the molecule is CC(=N[C@@H]1[C@@H](O[C@@H]2O[C@H](CO)[C@H](O)[C@H](O)[C@H]2O)[C@@H](O)[C@@H](CO)O[C@H]1O)OO. The van der Waals surface area contributed by atoms with Crippen molar-refractivity contribution in [1.82, 2.24) is 0 Å². The molecule has 158 valence electrons. The van der Waals surface area contributed by atoms with E-state index in [1.165, 1.54) is 6.92 Å². The number of rotatable bonds is 5. The maximum absolute atomic E-state index is 10.4. The number of nitrogens with zero attached hydrogens (tertiary/aromatic N) is 1. The maximum Gasteiger partial charge on any atom is 0.224 e. The first kappa shape index (κ1) is 22.3. The minimum atomic E-state index is -1.76. The third-order valence-electron chi connectivity index (χ3n) is 4.44. The van der Waals surface area contributed by atoms with Crippen molar-refractivity contribution in [2.75, 3.05) is 13.2 Å². The van der Waals surface area contributed by atoms with Crippen LogP contribution in [0, 0.1) is 0 Å². The Bertz CT molecular complexity index is 504. The molecule has 13 nitrogen and oxygen atoms in total. The molecule has 2 saturated heterocycles. The van der Waals surface area contributed by atoms with Gasteiger partial charge in [0.15, 0.2) is 12.6 Å². The molecule has 0 radical (unpaired) electrons. The predicted octanol–water partition coefficient (Wildman–Crippen LogP) is -4.48. The lowest BCUT2D eigenvalue weighted by atomic mass is 9.96. The second-order valence-corrected chi connectivity index (χ2v) is 6.27. The van der Waals surface area contributed by atoms with Crippen molar-refractivity contribution in [2.45, 2.75) is 68.3 Å². The van der Waals surface area contributed by atoms with Gasteiger partial charge < -0.3 is 54.8 Å². The summed E-state index contributed by atoms with van der Waals surface area (Å²) in [6.07, 6.45) is -13.9. The maximum atomic E-state index is 10.4. The van der Waals surface area contributed by atoms with Gasteiger partial charge in [0.2, 0.25) is 5.90 Å². The van der Waals surface area contributed by atoms with Gasteiger partial charge in [-0.1, -0.05) is 0 Å². The molecule has 0 aromatic rings. The minimum absolute atomic E-state index is 0.306. The summed E-state index contributed by atoms with van der Waals surface area (Å²) in [5.41, 5.74) is 0. The highest BCUT2D eigenvalue weighted by atomic mass is 17.1. The molecule has 2 fully saturated rings. The summed E-state index contributed by atoms with van der Waals surface area (Å²) in [6, 6.07) is -1.37. The van der Waals surface area contributed by atoms with Crippen LogP contribution in [0.1, 0.15) is 6.92 Å². The topological polar surface area (TPSA) is 211 Å². The summed E-state index contributed by atoms with van der Waals surface area (Å²) in [4.78, 5) is 7.73. The molecule has 0 aliphatic carbocycles. The summed E-state index contributed by atoms with van der Waals surface area (Å²) >= 11 is 0. The van der Waals surface area contributed by atoms with Crippen LogP contribution in [-0.2, 0) is 19.1 Å². The van der Waals surface area contributed by atoms with Crippen LogP contribution < -0.4 is 0 Å². The largest absolute Gasteiger partial charge is 0.394 e. The van der Waals surface area contributed by atoms with E-state index in [-0.39, 0.29) is 5.90 Å². The number of hydrogen-bond acceptors (Lipinski definition) is 13. The van der Waals surface area contributed by atoms with E-state index in [1.807, 2.05) is 0 Å². The first-order valence-electron chi connectivity index (χ1n) is 8.19. The summed E-state index contributed by atoms with van der Waals surface area (Å²) in [5.74, 6) is -0.306.